The Bertz CT molecular complexity index is 621. The van der Waals surface area contributed by atoms with E-state index in [1.807, 2.05) is 18.3 Å². The van der Waals surface area contributed by atoms with Crippen LogP contribution in [0.3, 0.4) is 0 Å². The van der Waals surface area contributed by atoms with Gasteiger partial charge in [-0.15, -0.1) is 6.58 Å². The van der Waals surface area contributed by atoms with E-state index in [9.17, 15) is 0 Å². The van der Waals surface area contributed by atoms with Crippen molar-refractivity contribution in [3.63, 3.8) is 0 Å². The molecule has 0 aliphatic carbocycles. The topological polar surface area (TPSA) is 60.4 Å². The second-order valence-corrected chi connectivity index (χ2v) is 5.55. The van der Waals surface area contributed by atoms with Gasteiger partial charge < -0.3 is 9.47 Å². The second-order valence-electron chi connectivity index (χ2n) is 5.55. The quantitative estimate of drug-likeness (QED) is 0.625. The highest BCUT2D eigenvalue weighted by Crippen LogP contribution is 2.14. The Labute approximate surface area is 143 Å². The fourth-order valence-electron chi connectivity index (χ4n) is 2.35. The van der Waals surface area contributed by atoms with Gasteiger partial charge in [-0.25, -0.2) is 4.98 Å². The fourth-order valence-corrected chi connectivity index (χ4v) is 2.35. The number of methoxy groups -OCH3 is 1. The van der Waals surface area contributed by atoms with Gasteiger partial charge in [0.2, 0.25) is 5.88 Å². The van der Waals surface area contributed by atoms with Crippen molar-refractivity contribution in [2.24, 2.45) is 0 Å². The number of allylic oxidation sites excluding steroid dienone is 1. The Morgan fingerprint density at radius 3 is 2.92 bits per heavy atom. The van der Waals surface area contributed by atoms with Crippen molar-refractivity contribution < 1.29 is 9.47 Å². The lowest BCUT2D eigenvalue weighted by molar-refractivity contribution is 0.125. The van der Waals surface area contributed by atoms with Crippen LogP contribution in [0.1, 0.15) is 18.4 Å². The first-order valence-corrected chi connectivity index (χ1v) is 7.93. The maximum atomic E-state index is 5.96. The largest absolute Gasteiger partial charge is 0.481 e. The van der Waals surface area contributed by atoms with Gasteiger partial charge in [-0.05, 0) is 31.5 Å². The summed E-state index contributed by atoms with van der Waals surface area (Å²) in [6.07, 6.45) is 8.86. The molecular weight excluding hydrogens is 304 g/mol. The van der Waals surface area contributed by atoms with Crippen molar-refractivity contribution in [3.8, 4) is 11.9 Å². The third-order valence-corrected chi connectivity index (χ3v) is 3.47. The molecule has 128 valence electrons. The Morgan fingerprint density at radius 1 is 1.33 bits per heavy atom. The van der Waals surface area contributed by atoms with E-state index in [2.05, 4.69) is 39.5 Å². The molecular formula is C18H24N4O2. The molecule has 2 heterocycles. The Hall–Kier alpha value is -2.47. The average Bonchev–Trinajstić information content (AvgIpc) is 2.60. The van der Waals surface area contributed by atoms with Gasteiger partial charge >= 0.3 is 6.01 Å². The van der Waals surface area contributed by atoms with Gasteiger partial charge in [-0.1, -0.05) is 12.1 Å². The maximum Gasteiger partial charge on any atom is 0.319 e. The molecule has 0 aliphatic rings. The minimum atomic E-state index is -0.0308. The van der Waals surface area contributed by atoms with Gasteiger partial charge in [0.05, 0.1) is 7.11 Å². The van der Waals surface area contributed by atoms with Gasteiger partial charge in [0.15, 0.2) is 0 Å². The molecule has 6 nitrogen and oxygen atoms in total. The van der Waals surface area contributed by atoms with E-state index in [0.717, 1.165) is 25.9 Å². The van der Waals surface area contributed by atoms with E-state index in [1.54, 1.807) is 25.6 Å². The summed E-state index contributed by atoms with van der Waals surface area (Å²) in [6.45, 7) is 5.34. The smallest absolute Gasteiger partial charge is 0.319 e. The van der Waals surface area contributed by atoms with E-state index in [0.29, 0.717) is 11.9 Å². The SMILES string of the molecule is C=CCCC(CN(C)Cc1cccnc1)Oc1nccc(OC)n1. The van der Waals surface area contributed by atoms with Crippen LogP contribution in [0.2, 0.25) is 0 Å². The van der Waals surface area contributed by atoms with Crippen LogP contribution in [0, 0.1) is 0 Å². The first-order chi connectivity index (χ1) is 11.7. The minimum Gasteiger partial charge on any atom is -0.481 e. The van der Waals surface area contributed by atoms with Crippen molar-refractivity contribution in [2.75, 3.05) is 20.7 Å². The van der Waals surface area contributed by atoms with Crippen LogP contribution >= 0.6 is 0 Å². The Kier molecular flexibility index (Phi) is 7.17. The highest BCUT2D eigenvalue weighted by atomic mass is 16.5. The zero-order valence-electron chi connectivity index (χ0n) is 14.3. The highest BCUT2D eigenvalue weighted by Gasteiger charge is 2.15. The van der Waals surface area contributed by atoms with E-state index in [1.165, 1.54) is 5.56 Å². The van der Waals surface area contributed by atoms with Gasteiger partial charge in [-0.3, -0.25) is 9.88 Å². The number of pyridine rings is 1. The predicted molar refractivity (Wildman–Crippen MR) is 93.0 cm³/mol. The molecule has 2 aromatic heterocycles. The average molecular weight is 328 g/mol. The summed E-state index contributed by atoms with van der Waals surface area (Å²) in [7, 11) is 3.63. The Morgan fingerprint density at radius 2 is 2.21 bits per heavy atom. The summed E-state index contributed by atoms with van der Waals surface area (Å²) in [5.41, 5.74) is 1.17. The molecule has 24 heavy (non-hydrogen) atoms. The summed E-state index contributed by atoms with van der Waals surface area (Å²) >= 11 is 0. The monoisotopic (exact) mass is 328 g/mol. The number of ether oxygens (including phenoxy) is 2. The summed E-state index contributed by atoms with van der Waals surface area (Å²) in [4.78, 5) is 14.7. The summed E-state index contributed by atoms with van der Waals surface area (Å²) in [5, 5.41) is 0. The first-order valence-electron chi connectivity index (χ1n) is 7.93. The van der Waals surface area contributed by atoms with E-state index in [-0.39, 0.29) is 6.10 Å². The third kappa shape index (κ3) is 5.96. The van der Waals surface area contributed by atoms with E-state index in [4.69, 9.17) is 9.47 Å². The van der Waals surface area contributed by atoms with Gasteiger partial charge in [-0.2, -0.15) is 4.98 Å². The fraction of sp³-hybridized carbons (Fsp3) is 0.389. The number of likely N-dealkylation sites (N-methyl/N-ethyl adjacent to an activating group) is 1. The molecule has 0 aromatic carbocycles. The molecule has 6 heteroatoms. The number of rotatable bonds is 10. The van der Waals surface area contributed by atoms with E-state index >= 15 is 0 Å². The zero-order valence-corrected chi connectivity index (χ0v) is 14.3. The van der Waals surface area contributed by atoms with Crippen LogP contribution in [0.5, 0.6) is 11.9 Å². The molecule has 0 saturated carbocycles. The summed E-state index contributed by atoms with van der Waals surface area (Å²) < 4.78 is 11.1. The maximum absolute atomic E-state index is 5.96. The normalized spacial score (nSPS) is 12.0. The van der Waals surface area contributed by atoms with Gasteiger partial charge in [0.1, 0.15) is 6.10 Å². The zero-order chi connectivity index (χ0) is 17.2. The van der Waals surface area contributed by atoms with Crippen LogP contribution in [-0.4, -0.2) is 46.7 Å². The number of hydrogen-bond acceptors (Lipinski definition) is 6. The third-order valence-electron chi connectivity index (χ3n) is 3.47. The molecule has 2 rings (SSSR count). The molecule has 0 radical (unpaired) electrons. The Balaban J connectivity index is 1.97. The standard InChI is InChI=1S/C18H24N4O2/c1-4-5-8-16(24-18-20-11-9-17(21-18)23-3)14-22(2)13-15-7-6-10-19-12-15/h4,6-7,9-12,16H,1,5,8,13-14H2,2-3H3. The van der Waals surface area contributed by atoms with Crippen LogP contribution < -0.4 is 9.47 Å². The van der Waals surface area contributed by atoms with Crippen molar-refractivity contribution >= 4 is 0 Å². The summed E-state index contributed by atoms with van der Waals surface area (Å²) in [5.74, 6) is 0.492. The molecule has 0 N–H and O–H groups in total. The van der Waals surface area contributed by atoms with Crippen LogP contribution in [0.25, 0.3) is 0 Å². The predicted octanol–water partition coefficient (Wildman–Crippen LogP) is 2.73. The molecule has 0 fully saturated rings. The second kappa shape index (κ2) is 9.62. The number of aromatic nitrogens is 3. The van der Waals surface area contributed by atoms with Crippen molar-refractivity contribution in [3.05, 3.63) is 55.0 Å². The molecule has 0 amide bonds. The first kappa shape index (κ1) is 17.9. The molecule has 1 atom stereocenters. The number of hydrogen-bond donors (Lipinski definition) is 0. The molecule has 0 saturated heterocycles. The van der Waals surface area contributed by atoms with Crippen molar-refractivity contribution in [1.82, 2.24) is 19.9 Å². The molecule has 0 spiro atoms. The summed E-state index contributed by atoms with van der Waals surface area (Å²) in [6, 6.07) is 6.03. The van der Waals surface area contributed by atoms with Crippen LogP contribution in [0.15, 0.2) is 49.4 Å². The molecule has 0 bridgehead atoms. The molecule has 2 aromatic rings. The lowest BCUT2D eigenvalue weighted by Gasteiger charge is -2.24. The van der Waals surface area contributed by atoms with Crippen LogP contribution in [-0.2, 0) is 6.54 Å². The lowest BCUT2D eigenvalue weighted by atomic mass is 10.1. The van der Waals surface area contributed by atoms with Crippen LogP contribution in [0.4, 0.5) is 0 Å². The van der Waals surface area contributed by atoms with Gasteiger partial charge in [0.25, 0.3) is 0 Å². The highest BCUT2D eigenvalue weighted by molar-refractivity contribution is 5.11. The van der Waals surface area contributed by atoms with Crippen molar-refractivity contribution in [1.29, 1.82) is 0 Å². The van der Waals surface area contributed by atoms with E-state index < -0.39 is 0 Å². The minimum absolute atomic E-state index is 0.0308. The van der Waals surface area contributed by atoms with Crippen molar-refractivity contribution in [2.45, 2.75) is 25.5 Å². The number of nitrogens with zero attached hydrogens (tertiary/aromatic N) is 4. The lowest BCUT2D eigenvalue weighted by Crippen LogP contribution is -2.33. The van der Waals surface area contributed by atoms with Gasteiger partial charge in [0, 0.05) is 37.7 Å². The molecule has 1 unspecified atom stereocenters. The molecule has 0 aliphatic heterocycles.